The van der Waals surface area contributed by atoms with Gasteiger partial charge in [-0.25, -0.2) is 14.2 Å². The summed E-state index contributed by atoms with van der Waals surface area (Å²) in [6.07, 6.45) is 3.63. The number of nitrogens with zero attached hydrogens (tertiary/aromatic N) is 2. The third-order valence-corrected chi connectivity index (χ3v) is 6.69. The number of hydrogen-bond donors (Lipinski definition) is 1. The maximum atomic E-state index is 13.5. The summed E-state index contributed by atoms with van der Waals surface area (Å²) in [6, 6.07) is 9.71. The van der Waals surface area contributed by atoms with Crippen molar-refractivity contribution in [1.29, 1.82) is 0 Å². The van der Waals surface area contributed by atoms with Crippen molar-refractivity contribution in [2.24, 2.45) is 0 Å². The van der Waals surface area contributed by atoms with E-state index in [2.05, 4.69) is 17.1 Å². The molecule has 1 aliphatic rings. The second-order valence-electron chi connectivity index (χ2n) is 7.73. The van der Waals surface area contributed by atoms with Crippen molar-refractivity contribution < 1.29 is 18.7 Å². The molecule has 0 bridgehead atoms. The van der Waals surface area contributed by atoms with Crippen LogP contribution in [0.2, 0.25) is 0 Å². The molecule has 2 aromatic heterocycles. The number of rotatable bonds is 5. The molecule has 31 heavy (non-hydrogen) atoms. The number of thiophene rings is 1. The maximum absolute atomic E-state index is 13.5. The molecular formula is C23H24FN3O3S. The Morgan fingerprint density at radius 1 is 1.29 bits per heavy atom. The van der Waals surface area contributed by atoms with Gasteiger partial charge < -0.3 is 10.1 Å². The molecule has 0 spiro atoms. The molecule has 1 saturated heterocycles. The molecule has 1 fully saturated rings. The molecular weight excluding hydrogens is 417 g/mol. The molecule has 1 aliphatic heterocycles. The fraction of sp³-hybridized carbons (Fsp3) is 0.348. The Morgan fingerprint density at radius 2 is 2.13 bits per heavy atom. The molecule has 8 heteroatoms. The molecule has 0 aliphatic carbocycles. The molecule has 162 valence electrons. The SMILES string of the molecule is COC(=O)c1sc2nc(CN3CCCC[C@@H]3C)ccc2c1NC(=O)c1cccc(F)c1. The van der Waals surface area contributed by atoms with Crippen molar-refractivity contribution in [3.63, 3.8) is 0 Å². The molecule has 4 rings (SSSR count). The van der Waals surface area contributed by atoms with Gasteiger partial charge in [0.25, 0.3) is 5.91 Å². The maximum Gasteiger partial charge on any atom is 0.350 e. The third kappa shape index (κ3) is 4.60. The number of amides is 1. The number of esters is 1. The summed E-state index contributed by atoms with van der Waals surface area (Å²) in [7, 11) is 1.29. The van der Waals surface area contributed by atoms with E-state index in [4.69, 9.17) is 9.72 Å². The van der Waals surface area contributed by atoms with Crippen LogP contribution in [0.3, 0.4) is 0 Å². The summed E-state index contributed by atoms with van der Waals surface area (Å²) >= 11 is 1.18. The Balaban J connectivity index is 1.66. The molecule has 6 nitrogen and oxygen atoms in total. The van der Waals surface area contributed by atoms with Gasteiger partial charge in [-0.2, -0.15) is 0 Å². The standard InChI is InChI=1S/C23H24FN3O3S/c1-14-6-3-4-11-27(14)13-17-9-10-18-19(20(23(29)30-2)31-22(18)25-17)26-21(28)15-7-5-8-16(24)12-15/h5,7-10,12,14H,3-4,6,11,13H2,1-2H3,(H,26,28)/t14-/m0/s1. The van der Waals surface area contributed by atoms with Gasteiger partial charge in [0.15, 0.2) is 0 Å². The number of fused-ring (bicyclic) bond motifs is 1. The first-order valence-corrected chi connectivity index (χ1v) is 11.1. The number of likely N-dealkylation sites (tertiary alicyclic amines) is 1. The van der Waals surface area contributed by atoms with E-state index in [0.717, 1.165) is 24.8 Å². The second-order valence-corrected chi connectivity index (χ2v) is 8.73. The third-order valence-electron chi connectivity index (χ3n) is 5.61. The fourth-order valence-electron chi connectivity index (χ4n) is 3.88. The number of methoxy groups -OCH3 is 1. The lowest BCUT2D eigenvalue weighted by Gasteiger charge is -2.32. The van der Waals surface area contributed by atoms with Gasteiger partial charge in [0.05, 0.1) is 18.5 Å². The number of carbonyl (C=O) groups is 2. The van der Waals surface area contributed by atoms with Crippen LogP contribution in [0.5, 0.6) is 0 Å². The Hall–Kier alpha value is -2.84. The number of ether oxygens (including phenoxy) is 1. The lowest BCUT2D eigenvalue weighted by Crippen LogP contribution is -2.36. The van der Waals surface area contributed by atoms with Gasteiger partial charge in [-0.3, -0.25) is 9.69 Å². The molecule has 0 unspecified atom stereocenters. The minimum Gasteiger partial charge on any atom is -0.465 e. The Morgan fingerprint density at radius 3 is 2.87 bits per heavy atom. The Bertz CT molecular complexity index is 1130. The molecule has 0 saturated carbocycles. The Labute approximate surface area is 184 Å². The number of benzene rings is 1. The minimum absolute atomic E-state index is 0.166. The van der Waals surface area contributed by atoms with E-state index in [0.29, 0.717) is 21.9 Å². The quantitative estimate of drug-likeness (QED) is 0.573. The number of hydrogen-bond acceptors (Lipinski definition) is 6. The van der Waals surface area contributed by atoms with Gasteiger partial charge in [0.1, 0.15) is 15.5 Å². The first-order valence-electron chi connectivity index (χ1n) is 10.3. The summed E-state index contributed by atoms with van der Waals surface area (Å²) < 4.78 is 18.4. The molecule has 0 radical (unpaired) electrons. The summed E-state index contributed by atoms with van der Waals surface area (Å²) in [6.45, 7) is 4.03. The zero-order valence-electron chi connectivity index (χ0n) is 17.5. The highest BCUT2D eigenvalue weighted by molar-refractivity contribution is 7.21. The highest BCUT2D eigenvalue weighted by atomic mass is 32.1. The van der Waals surface area contributed by atoms with Gasteiger partial charge in [0.2, 0.25) is 0 Å². The van der Waals surface area contributed by atoms with E-state index in [1.807, 2.05) is 12.1 Å². The molecule has 1 amide bonds. The molecule has 1 aromatic carbocycles. The van der Waals surface area contributed by atoms with E-state index in [1.165, 1.54) is 55.9 Å². The van der Waals surface area contributed by atoms with Gasteiger partial charge in [0, 0.05) is 23.5 Å². The predicted octanol–water partition coefficient (Wildman–Crippen LogP) is 4.85. The van der Waals surface area contributed by atoms with E-state index in [-0.39, 0.29) is 10.4 Å². The van der Waals surface area contributed by atoms with E-state index in [1.54, 1.807) is 0 Å². The number of carbonyl (C=O) groups excluding carboxylic acids is 2. The van der Waals surface area contributed by atoms with Crippen LogP contribution in [0.25, 0.3) is 10.2 Å². The van der Waals surface area contributed by atoms with Crippen LogP contribution in [0.15, 0.2) is 36.4 Å². The normalized spacial score (nSPS) is 16.9. The molecule has 1 N–H and O–H groups in total. The molecule has 3 aromatic rings. The molecule has 3 heterocycles. The van der Waals surface area contributed by atoms with Crippen molar-refractivity contribution >= 4 is 39.1 Å². The van der Waals surface area contributed by atoms with E-state index < -0.39 is 17.7 Å². The topological polar surface area (TPSA) is 71.5 Å². The van der Waals surface area contributed by atoms with Crippen LogP contribution < -0.4 is 5.32 Å². The highest BCUT2D eigenvalue weighted by Gasteiger charge is 2.24. The van der Waals surface area contributed by atoms with Gasteiger partial charge in [-0.05, 0) is 56.6 Å². The number of aromatic nitrogens is 1. The zero-order valence-corrected chi connectivity index (χ0v) is 18.3. The smallest absolute Gasteiger partial charge is 0.350 e. The average Bonchev–Trinajstić information content (AvgIpc) is 3.12. The van der Waals surface area contributed by atoms with Crippen molar-refractivity contribution in [3.8, 4) is 0 Å². The van der Waals surface area contributed by atoms with Crippen molar-refractivity contribution in [1.82, 2.24) is 9.88 Å². The van der Waals surface area contributed by atoms with E-state index in [9.17, 15) is 14.0 Å². The average molecular weight is 442 g/mol. The minimum atomic E-state index is -0.552. The van der Waals surface area contributed by atoms with Gasteiger partial charge >= 0.3 is 5.97 Å². The van der Waals surface area contributed by atoms with Crippen molar-refractivity contribution in [2.75, 3.05) is 19.0 Å². The van der Waals surface area contributed by atoms with Crippen molar-refractivity contribution in [2.45, 2.75) is 38.8 Å². The first kappa shape index (κ1) is 21.4. The highest BCUT2D eigenvalue weighted by Crippen LogP contribution is 2.36. The second kappa shape index (κ2) is 9.11. The largest absolute Gasteiger partial charge is 0.465 e. The first-order chi connectivity index (χ1) is 15.0. The zero-order chi connectivity index (χ0) is 22.0. The van der Waals surface area contributed by atoms with Crippen LogP contribution in [0, 0.1) is 5.82 Å². The van der Waals surface area contributed by atoms with Crippen LogP contribution in [-0.2, 0) is 11.3 Å². The Kier molecular flexibility index (Phi) is 6.29. The number of halogens is 1. The lowest BCUT2D eigenvalue weighted by molar-refractivity contribution is 0.0607. The summed E-state index contributed by atoms with van der Waals surface area (Å²) in [5, 5.41) is 3.41. The predicted molar refractivity (Wildman–Crippen MR) is 119 cm³/mol. The van der Waals surface area contributed by atoms with Gasteiger partial charge in [-0.1, -0.05) is 12.5 Å². The summed E-state index contributed by atoms with van der Waals surface area (Å²) in [4.78, 5) is 33.1. The number of pyridine rings is 1. The van der Waals surface area contributed by atoms with Gasteiger partial charge in [-0.15, -0.1) is 11.3 Å². The monoisotopic (exact) mass is 441 g/mol. The number of piperidine rings is 1. The van der Waals surface area contributed by atoms with Crippen LogP contribution in [-0.4, -0.2) is 41.5 Å². The summed E-state index contributed by atoms with van der Waals surface area (Å²) in [5.74, 6) is -1.56. The molecule has 1 atom stereocenters. The lowest BCUT2D eigenvalue weighted by atomic mass is 10.0. The number of nitrogens with one attached hydrogen (secondary N) is 1. The van der Waals surface area contributed by atoms with Crippen LogP contribution >= 0.6 is 11.3 Å². The van der Waals surface area contributed by atoms with E-state index >= 15 is 0 Å². The van der Waals surface area contributed by atoms with Crippen LogP contribution in [0.4, 0.5) is 10.1 Å². The summed E-state index contributed by atoms with van der Waals surface area (Å²) in [5.41, 5.74) is 1.42. The number of anilines is 1. The van der Waals surface area contributed by atoms with Crippen molar-refractivity contribution in [3.05, 3.63) is 58.3 Å². The fourth-order valence-corrected chi connectivity index (χ4v) is 4.95. The van der Waals surface area contributed by atoms with Crippen LogP contribution in [0.1, 0.15) is 51.9 Å².